The number of aromatic amines is 1. The van der Waals surface area contributed by atoms with E-state index < -0.39 is 6.04 Å². The summed E-state index contributed by atoms with van der Waals surface area (Å²) in [6, 6.07) is 7.00. The number of nitrogens with zero attached hydrogens (tertiary/aromatic N) is 4. The lowest BCUT2D eigenvalue weighted by molar-refractivity contribution is 0.0914. The van der Waals surface area contributed by atoms with Crippen molar-refractivity contribution in [2.45, 2.75) is 26.8 Å². The summed E-state index contributed by atoms with van der Waals surface area (Å²) in [5, 5.41) is 13.3. The standard InChI is InChI=1S/C16H18N6O2/c1-9(2)12(19-15(23)11-6-4-5-10(3)7-11)16-20-14(22-24-16)13-17-8-18-21-13/h4-9,12H,1-3H3,(H,19,23)(H,17,18,21)/t12-/m0/s1. The molecule has 0 radical (unpaired) electrons. The van der Waals surface area contributed by atoms with Gasteiger partial charge in [0.05, 0.1) is 0 Å². The average molecular weight is 326 g/mol. The minimum atomic E-state index is -0.401. The second-order valence-electron chi connectivity index (χ2n) is 5.85. The van der Waals surface area contributed by atoms with Crippen LogP contribution in [0.1, 0.15) is 41.7 Å². The lowest BCUT2D eigenvalue weighted by atomic mass is 10.0. The highest BCUT2D eigenvalue weighted by Crippen LogP contribution is 2.22. The molecule has 3 rings (SSSR count). The minimum Gasteiger partial charge on any atom is -0.340 e. The van der Waals surface area contributed by atoms with Crippen LogP contribution in [-0.2, 0) is 0 Å². The summed E-state index contributed by atoms with van der Waals surface area (Å²) in [6.45, 7) is 5.89. The summed E-state index contributed by atoms with van der Waals surface area (Å²) in [5.41, 5.74) is 1.62. The fourth-order valence-corrected chi connectivity index (χ4v) is 2.30. The zero-order valence-electron chi connectivity index (χ0n) is 13.6. The normalized spacial score (nSPS) is 12.3. The van der Waals surface area contributed by atoms with Crippen molar-refractivity contribution in [1.29, 1.82) is 0 Å². The Morgan fingerprint density at radius 1 is 1.33 bits per heavy atom. The minimum absolute atomic E-state index is 0.0711. The maximum atomic E-state index is 12.5. The largest absolute Gasteiger partial charge is 0.340 e. The smallest absolute Gasteiger partial charge is 0.251 e. The van der Waals surface area contributed by atoms with Crippen molar-refractivity contribution in [3.05, 3.63) is 47.6 Å². The van der Waals surface area contributed by atoms with Gasteiger partial charge in [0.2, 0.25) is 11.7 Å². The molecule has 0 saturated heterocycles. The first kappa shape index (κ1) is 15.9. The monoisotopic (exact) mass is 326 g/mol. The number of amides is 1. The molecule has 2 aromatic heterocycles. The zero-order chi connectivity index (χ0) is 17.1. The summed E-state index contributed by atoms with van der Waals surface area (Å²) < 4.78 is 5.31. The van der Waals surface area contributed by atoms with E-state index in [4.69, 9.17) is 4.52 Å². The van der Waals surface area contributed by atoms with E-state index in [1.54, 1.807) is 6.07 Å². The molecule has 0 aliphatic rings. The molecule has 0 aliphatic heterocycles. The zero-order valence-corrected chi connectivity index (χ0v) is 13.6. The van der Waals surface area contributed by atoms with Crippen molar-refractivity contribution >= 4 is 5.91 Å². The molecule has 0 bridgehead atoms. The van der Waals surface area contributed by atoms with E-state index in [1.807, 2.05) is 39.0 Å². The van der Waals surface area contributed by atoms with E-state index in [2.05, 4.69) is 30.6 Å². The van der Waals surface area contributed by atoms with Crippen LogP contribution < -0.4 is 5.32 Å². The Labute approximate surface area is 138 Å². The number of benzene rings is 1. The van der Waals surface area contributed by atoms with Crippen molar-refractivity contribution in [2.24, 2.45) is 5.92 Å². The van der Waals surface area contributed by atoms with Gasteiger partial charge in [0.15, 0.2) is 5.82 Å². The third kappa shape index (κ3) is 3.32. The predicted molar refractivity (Wildman–Crippen MR) is 85.9 cm³/mol. The summed E-state index contributed by atoms with van der Waals surface area (Å²) in [7, 11) is 0. The third-order valence-corrected chi connectivity index (χ3v) is 3.57. The number of hydrogen-bond acceptors (Lipinski definition) is 6. The molecule has 1 atom stereocenters. The number of aromatic nitrogens is 5. The van der Waals surface area contributed by atoms with Crippen LogP contribution in [0, 0.1) is 12.8 Å². The van der Waals surface area contributed by atoms with E-state index in [1.165, 1.54) is 6.33 Å². The molecule has 2 N–H and O–H groups in total. The molecule has 0 saturated carbocycles. The Kier molecular flexibility index (Phi) is 4.37. The van der Waals surface area contributed by atoms with Crippen LogP contribution in [0.25, 0.3) is 11.6 Å². The fourth-order valence-electron chi connectivity index (χ4n) is 2.30. The van der Waals surface area contributed by atoms with Crippen molar-refractivity contribution < 1.29 is 9.32 Å². The molecule has 24 heavy (non-hydrogen) atoms. The molecular formula is C16H18N6O2. The van der Waals surface area contributed by atoms with Crippen LogP contribution in [0.2, 0.25) is 0 Å². The first-order valence-corrected chi connectivity index (χ1v) is 7.61. The Hall–Kier alpha value is -3.03. The van der Waals surface area contributed by atoms with Crippen LogP contribution in [-0.4, -0.2) is 31.2 Å². The Morgan fingerprint density at radius 3 is 2.83 bits per heavy atom. The van der Waals surface area contributed by atoms with Crippen molar-refractivity contribution in [1.82, 2.24) is 30.6 Å². The van der Waals surface area contributed by atoms with Gasteiger partial charge >= 0.3 is 0 Å². The molecule has 0 unspecified atom stereocenters. The highest BCUT2D eigenvalue weighted by atomic mass is 16.5. The first-order chi connectivity index (χ1) is 11.5. The van der Waals surface area contributed by atoms with Crippen molar-refractivity contribution in [3.63, 3.8) is 0 Å². The summed E-state index contributed by atoms with van der Waals surface area (Å²) in [4.78, 5) is 20.8. The number of nitrogens with one attached hydrogen (secondary N) is 2. The molecule has 0 aliphatic carbocycles. The van der Waals surface area contributed by atoms with Crippen LogP contribution in [0.15, 0.2) is 35.1 Å². The summed E-state index contributed by atoms with van der Waals surface area (Å²) >= 11 is 0. The number of carbonyl (C=O) groups is 1. The summed E-state index contributed by atoms with van der Waals surface area (Å²) in [5.74, 6) is 0.937. The van der Waals surface area contributed by atoms with Crippen LogP contribution in [0.4, 0.5) is 0 Å². The highest BCUT2D eigenvalue weighted by molar-refractivity contribution is 5.94. The Morgan fingerprint density at radius 2 is 2.17 bits per heavy atom. The van der Waals surface area contributed by atoms with E-state index in [-0.39, 0.29) is 11.8 Å². The van der Waals surface area contributed by atoms with Crippen LogP contribution in [0.3, 0.4) is 0 Å². The number of hydrogen-bond donors (Lipinski definition) is 2. The average Bonchev–Trinajstić information content (AvgIpc) is 3.23. The Bertz CT molecular complexity index is 825. The molecule has 0 fully saturated rings. The van der Waals surface area contributed by atoms with Gasteiger partial charge in [-0.1, -0.05) is 36.7 Å². The van der Waals surface area contributed by atoms with Gasteiger partial charge < -0.3 is 9.84 Å². The summed E-state index contributed by atoms with van der Waals surface area (Å²) in [6.07, 6.45) is 1.37. The van der Waals surface area contributed by atoms with Crippen molar-refractivity contribution in [3.8, 4) is 11.6 Å². The predicted octanol–water partition coefficient (Wildman–Crippen LogP) is 2.29. The van der Waals surface area contributed by atoms with Crippen LogP contribution >= 0.6 is 0 Å². The highest BCUT2D eigenvalue weighted by Gasteiger charge is 2.25. The van der Waals surface area contributed by atoms with Crippen LogP contribution in [0.5, 0.6) is 0 Å². The maximum absolute atomic E-state index is 12.5. The van der Waals surface area contributed by atoms with Gasteiger partial charge in [-0.2, -0.15) is 10.1 Å². The molecule has 8 heteroatoms. The van der Waals surface area contributed by atoms with Gasteiger partial charge in [-0.05, 0) is 25.0 Å². The van der Waals surface area contributed by atoms with E-state index in [0.29, 0.717) is 23.1 Å². The van der Waals surface area contributed by atoms with E-state index >= 15 is 0 Å². The molecular weight excluding hydrogens is 308 g/mol. The van der Waals surface area contributed by atoms with Gasteiger partial charge in [0.25, 0.3) is 5.91 Å². The molecule has 2 heterocycles. The molecule has 0 spiro atoms. The van der Waals surface area contributed by atoms with Gasteiger partial charge in [-0.3, -0.25) is 9.89 Å². The van der Waals surface area contributed by atoms with E-state index in [0.717, 1.165) is 5.56 Å². The number of H-pyrrole nitrogens is 1. The molecule has 124 valence electrons. The molecule has 1 aromatic carbocycles. The second kappa shape index (κ2) is 6.61. The quantitative estimate of drug-likeness (QED) is 0.744. The fraction of sp³-hybridized carbons (Fsp3) is 0.312. The SMILES string of the molecule is Cc1cccc(C(=O)N[C@H](c2nc(-c3ncn[nH]3)no2)C(C)C)c1. The number of aryl methyl sites for hydroxylation is 1. The molecule has 8 nitrogen and oxygen atoms in total. The maximum Gasteiger partial charge on any atom is 0.251 e. The Balaban J connectivity index is 1.81. The van der Waals surface area contributed by atoms with Gasteiger partial charge in [-0.25, -0.2) is 4.98 Å². The topological polar surface area (TPSA) is 110 Å². The first-order valence-electron chi connectivity index (χ1n) is 7.61. The second-order valence-corrected chi connectivity index (χ2v) is 5.85. The van der Waals surface area contributed by atoms with E-state index in [9.17, 15) is 4.79 Å². The van der Waals surface area contributed by atoms with Gasteiger partial charge in [0.1, 0.15) is 12.4 Å². The third-order valence-electron chi connectivity index (χ3n) is 3.57. The number of carbonyl (C=O) groups excluding carboxylic acids is 1. The molecule has 1 amide bonds. The lowest BCUT2D eigenvalue weighted by Crippen LogP contribution is -2.32. The number of rotatable bonds is 5. The lowest BCUT2D eigenvalue weighted by Gasteiger charge is -2.18. The van der Waals surface area contributed by atoms with Crippen molar-refractivity contribution in [2.75, 3.05) is 0 Å². The van der Waals surface area contributed by atoms with Gasteiger partial charge in [0, 0.05) is 5.56 Å². The van der Waals surface area contributed by atoms with Gasteiger partial charge in [-0.15, -0.1) is 0 Å². The molecule has 3 aromatic rings.